The summed E-state index contributed by atoms with van der Waals surface area (Å²) in [5, 5.41) is 12.1. The van der Waals surface area contributed by atoms with Crippen molar-refractivity contribution in [1.29, 1.82) is 0 Å². The minimum atomic E-state index is 0.0951. The Kier molecular flexibility index (Phi) is 8.32. The monoisotopic (exact) mass is 243 g/mol. The highest BCUT2D eigenvalue weighted by atomic mass is 16.5. The molecule has 0 aliphatic heterocycles. The third-order valence-corrected chi connectivity index (χ3v) is 2.65. The van der Waals surface area contributed by atoms with Gasteiger partial charge in [-0.05, 0) is 12.3 Å². The molecule has 2 atom stereocenters. The molecule has 0 saturated heterocycles. The van der Waals surface area contributed by atoms with Crippen LogP contribution in [0, 0.1) is 11.8 Å². The van der Waals surface area contributed by atoms with Gasteiger partial charge >= 0.3 is 0 Å². The van der Waals surface area contributed by atoms with E-state index in [1.807, 2.05) is 13.8 Å². The molecule has 0 unspecified atom stereocenters. The fourth-order valence-electron chi connectivity index (χ4n) is 1.38. The van der Waals surface area contributed by atoms with Crippen LogP contribution < -0.4 is 5.32 Å². The smallest absolute Gasteiger partial charge is 0.226 e. The van der Waals surface area contributed by atoms with E-state index in [4.69, 9.17) is 14.6 Å². The molecule has 0 aliphatic carbocycles. The van der Waals surface area contributed by atoms with E-state index in [0.717, 1.165) is 18.7 Å². The SMILES string of the molecule is C=C[C@@H](C)/C(OC)=C(\NCC[C@@H](C)CO)OC. The lowest BCUT2D eigenvalue weighted by molar-refractivity contribution is 0.181. The van der Waals surface area contributed by atoms with Gasteiger partial charge in [0.15, 0.2) is 5.76 Å². The van der Waals surface area contributed by atoms with E-state index in [-0.39, 0.29) is 18.4 Å². The molecule has 4 nitrogen and oxygen atoms in total. The van der Waals surface area contributed by atoms with Crippen molar-refractivity contribution in [1.82, 2.24) is 5.32 Å². The second-order valence-corrected chi connectivity index (χ2v) is 4.13. The number of nitrogens with one attached hydrogen (secondary N) is 1. The normalized spacial score (nSPS) is 15.6. The van der Waals surface area contributed by atoms with Crippen LogP contribution in [0.4, 0.5) is 0 Å². The third-order valence-electron chi connectivity index (χ3n) is 2.65. The number of hydrogen-bond donors (Lipinski definition) is 2. The fraction of sp³-hybridized carbons (Fsp3) is 0.692. The van der Waals surface area contributed by atoms with Crippen LogP contribution in [0.25, 0.3) is 0 Å². The maximum atomic E-state index is 8.93. The molecule has 0 aromatic carbocycles. The zero-order valence-electron chi connectivity index (χ0n) is 11.3. The Morgan fingerprint density at radius 2 is 2.00 bits per heavy atom. The molecular formula is C13H25NO3. The minimum absolute atomic E-state index is 0.0951. The Morgan fingerprint density at radius 3 is 2.41 bits per heavy atom. The van der Waals surface area contributed by atoms with Crippen molar-refractivity contribution in [3.05, 3.63) is 24.3 Å². The Hall–Kier alpha value is -1.16. The molecule has 0 saturated carbocycles. The van der Waals surface area contributed by atoms with Gasteiger partial charge in [0.05, 0.1) is 14.2 Å². The average Bonchev–Trinajstić information content (AvgIpc) is 2.36. The van der Waals surface area contributed by atoms with Crippen LogP contribution in [-0.4, -0.2) is 32.5 Å². The van der Waals surface area contributed by atoms with Gasteiger partial charge in [0, 0.05) is 19.1 Å². The first kappa shape index (κ1) is 15.8. The van der Waals surface area contributed by atoms with Crippen LogP contribution >= 0.6 is 0 Å². The average molecular weight is 243 g/mol. The van der Waals surface area contributed by atoms with E-state index in [2.05, 4.69) is 11.9 Å². The molecular weight excluding hydrogens is 218 g/mol. The largest absolute Gasteiger partial charge is 0.495 e. The number of aliphatic hydroxyl groups is 1. The molecule has 0 heterocycles. The maximum Gasteiger partial charge on any atom is 0.226 e. The van der Waals surface area contributed by atoms with E-state index < -0.39 is 0 Å². The lowest BCUT2D eigenvalue weighted by Crippen LogP contribution is -2.22. The van der Waals surface area contributed by atoms with Crippen LogP contribution in [0.1, 0.15) is 20.3 Å². The zero-order valence-corrected chi connectivity index (χ0v) is 11.3. The van der Waals surface area contributed by atoms with Crippen molar-refractivity contribution in [2.24, 2.45) is 11.8 Å². The molecule has 0 aromatic rings. The second-order valence-electron chi connectivity index (χ2n) is 4.13. The number of rotatable bonds is 9. The van der Waals surface area contributed by atoms with Gasteiger partial charge in [-0.3, -0.25) is 0 Å². The van der Waals surface area contributed by atoms with Crippen LogP contribution in [0.15, 0.2) is 24.3 Å². The summed E-state index contributed by atoms with van der Waals surface area (Å²) >= 11 is 0. The number of allylic oxidation sites excluding steroid dienone is 1. The molecule has 0 bridgehead atoms. The highest BCUT2D eigenvalue weighted by Crippen LogP contribution is 2.16. The fourth-order valence-corrected chi connectivity index (χ4v) is 1.38. The summed E-state index contributed by atoms with van der Waals surface area (Å²) in [6.07, 6.45) is 2.68. The maximum absolute atomic E-state index is 8.93. The molecule has 0 spiro atoms. The molecule has 100 valence electrons. The molecule has 0 fully saturated rings. The molecule has 0 radical (unpaired) electrons. The first-order valence-corrected chi connectivity index (χ1v) is 5.90. The molecule has 4 heteroatoms. The Labute approximate surface area is 104 Å². The van der Waals surface area contributed by atoms with Gasteiger partial charge < -0.3 is 19.9 Å². The van der Waals surface area contributed by atoms with E-state index >= 15 is 0 Å². The van der Waals surface area contributed by atoms with Crippen molar-refractivity contribution in [3.8, 4) is 0 Å². The van der Waals surface area contributed by atoms with E-state index in [0.29, 0.717) is 5.88 Å². The predicted molar refractivity (Wildman–Crippen MR) is 69.3 cm³/mol. The first-order chi connectivity index (χ1) is 8.10. The highest BCUT2D eigenvalue weighted by Gasteiger charge is 2.13. The molecule has 2 N–H and O–H groups in total. The van der Waals surface area contributed by atoms with Gasteiger partial charge in [-0.2, -0.15) is 0 Å². The van der Waals surface area contributed by atoms with Gasteiger partial charge in [0.2, 0.25) is 5.88 Å². The standard InChI is InChI=1S/C13H25NO3/c1-6-11(3)12(16-4)13(17-5)14-8-7-10(2)9-15/h6,10-11,14-15H,1,7-9H2,2-5H3/b13-12-/t10-,11-/m1/s1. The molecule has 0 aromatic heterocycles. The van der Waals surface area contributed by atoms with Crippen LogP contribution in [0.5, 0.6) is 0 Å². The van der Waals surface area contributed by atoms with Crippen molar-refractivity contribution in [3.63, 3.8) is 0 Å². The summed E-state index contributed by atoms with van der Waals surface area (Å²) in [6, 6.07) is 0. The summed E-state index contributed by atoms with van der Waals surface area (Å²) in [5.41, 5.74) is 0. The number of aliphatic hydroxyl groups excluding tert-OH is 1. The Bertz CT molecular complexity index is 251. The Morgan fingerprint density at radius 1 is 1.35 bits per heavy atom. The van der Waals surface area contributed by atoms with Gasteiger partial charge in [0.25, 0.3) is 0 Å². The molecule has 0 aliphatic rings. The van der Waals surface area contributed by atoms with Crippen LogP contribution in [-0.2, 0) is 9.47 Å². The summed E-state index contributed by atoms with van der Waals surface area (Å²) in [7, 11) is 3.22. The van der Waals surface area contributed by atoms with Crippen molar-refractivity contribution in [2.75, 3.05) is 27.4 Å². The Balaban J connectivity index is 4.46. The lowest BCUT2D eigenvalue weighted by Gasteiger charge is -2.18. The van der Waals surface area contributed by atoms with E-state index in [1.54, 1.807) is 20.3 Å². The molecule has 0 amide bonds. The highest BCUT2D eigenvalue weighted by molar-refractivity contribution is 5.08. The summed E-state index contributed by atoms with van der Waals surface area (Å²) in [5.74, 6) is 1.74. The quantitative estimate of drug-likeness (QED) is 0.479. The van der Waals surface area contributed by atoms with Gasteiger partial charge in [0.1, 0.15) is 0 Å². The summed E-state index contributed by atoms with van der Waals surface area (Å²) in [6.45, 7) is 8.67. The first-order valence-electron chi connectivity index (χ1n) is 5.90. The lowest BCUT2D eigenvalue weighted by atomic mass is 10.1. The van der Waals surface area contributed by atoms with Crippen molar-refractivity contribution >= 4 is 0 Å². The predicted octanol–water partition coefficient (Wildman–Crippen LogP) is 1.88. The topological polar surface area (TPSA) is 50.7 Å². The van der Waals surface area contributed by atoms with Crippen LogP contribution in [0.3, 0.4) is 0 Å². The number of ether oxygens (including phenoxy) is 2. The summed E-state index contributed by atoms with van der Waals surface area (Å²) < 4.78 is 10.6. The van der Waals surface area contributed by atoms with E-state index in [1.165, 1.54) is 0 Å². The van der Waals surface area contributed by atoms with E-state index in [9.17, 15) is 0 Å². The van der Waals surface area contributed by atoms with Gasteiger partial charge in [-0.25, -0.2) is 0 Å². The van der Waals surface area contributed by atoms with Gasteiger partial charge in [-0.15, -0.1) is 6.58 Å². The van der Waals surface area contributed by atoms with Crippen molar-refractivity contribution in [2.45, 2.75) is 20.3 Å². The minimum Gasteiger partial charge on any atom is -0.495 e. The van der Waals surface area contributed by atoms with Gasteiger partial charge in [-0.1, -0.05) is 19.9 Å². The molecule has 0 rings (SSSR count). The second kappa shape index (κ2) is 8.93. The zero-order chi connectivity index (χ0) is 13.3. The number of methoxy groups -OCH3 is 2. The molecule has 17 heavy (non-hydrogen) atoms. The number of hydrogen-bond acceptors (Lipinski definition) is 4. The summed E-state index contributed by atoms with van der Waals surface area (Å²) in [4.78, 5) is 0. The third kappa shape index (κ3) is 5.63. The van der Waals surface area contributed by atoms with Crippen LogP contribution in [0.2, 0.25) is 0 Å². The van der Waals surface area contributed by atoms with Crippen molar-refractivity contribution < 1.29 is 14.6 Å².